The second kappa shape index (κ2) is 7.02. The van der Waals surface area contributed by atoms with Gasteiger partial charge in [-0.25, -0.2) is 8.78 Å². The number of nitrogens with one attached hydrogen (secondary N) is 1. The Morgan fingerprint density at radius 2 is 1.77 bits per heavy atom. The maximum absolute atomic E-state index is 14.2. The topological polar surface area (TPSA) is 126 Å². The fraction of sp³-hybridized carbons (Fsp3) is 0.188. The number of aliphatic hydroxyl groups is 2. The molecule has 2 heterocycles. The van der Waals surface area contributed by atoms with Gasteiger partial charge in [-0.1, -0.05) is 6.07 Å². The molecule has 3 rings (SSSR count). The largest absolute Gasteiger partial charge is 0.394 e. The molecule has 0 fully saturated rings. The quantitative estimate of drug-likeness (QED) is 0.517. The molecule has 10 heteroatoms. The Hall–Kier alpha value is -3.11. The van der Waals surface area contributed by atoms with Crippen LogP contribution in [-0.4, -0.2) is 44.0 Å². The highest BCUT2D eigenvalue weighted by Gasteiger charge is 2.18. The highest BCUT2D eigenvalue weighted by Crippen LogP contribution is 2.23. The smallest absolute Gasteiger partial charge is 0.256 e. The summed E-state index contributed by atoms with van der Waals surface area (Å²) in [6.07, 6.45) is 0. The van der Waals surface area contributed by atoms with Gasteiger partial charge >= 0.3 is 0 Å². The fourth-order valence-corrected chi connectivity index (χ4v) is 2.45. The average molecular weight is 363 g/mol. The van der Waals surface area contributed by atoms with Gasteiger partial charge in [0.15, 0.2) is 5.65 Å². The standard InChI is InChI=1S/C16H15F2N5O3/c17-10-2-1-3-11(18)13(10)23-12(26)5-4-9-14(19)21-16(22-15(9)23)20-8(6-24)7-25/h1-5,8,24-25H,6-7H2,(H3,19,20,21,22). The number of hydrogen-bond acceptors (Lipinski definition) is 7. The summed E-state index contributed by atoms with van der Waals surface area (Å²) < 4.78 is 29.2. The van der Waals surface area contributed by atoms with Crippen LogP contribution in [0.2, 0.25) is 0 Å². The lowest BCUT2D eigenvalue weighted by molar-refractivity contribution is 0.203. The number of aliphatic hydroxyl groups excluding tert-OH is 2. The van der Waals surface area contributed by atoms with Crippen LogP contribution in [-0.2, 0) is 0 Å². The first-order valence-corrected chi connectivity index (χ1v) is 7.58. The first-order valence-electron chi connectivity index (χ1n) is 7.58. The summed E-state index contributed by atoms with van der Waals surface area (Å²) in [6.45, 7) is -0.831. The highest BCUT2D eigenvalue weighted by atomic mass is 19.1. The first kappa shape index (κ1) is 17.7. The number of anilines is 2. The molecule has 0 amide bonds. The van der Waals surface area contributed by atoms with Gasteiger partial charge in [-0.15, -0.1) is 0 Å². The molecule has 3 aromatic rings. The van der Waals surface area contributed by atoms with Crippen LogP contribution in [0.5, 0.6) is 0 Å². The Morgan fingerprint density at radius 1 is 1.12 bits per heavy atom. The second-order valence-corrected chi connectivity index (χ2v) is 5.45. The minimum absolute atomic E-state index is 0.0439. The number of hydrogen-bond donors (Lipinski definition) is 4. The number of rotatable bonds is 5. The van der Waals surface area contributed by atoms with Crippen LogP contribution in [0.25, 0.3) is 16.7 Å². The van der Waals surface area contributed by atoms with Crippen LogP contribution >= 0.6 is 0 Å². The molecule has 26 heavy (non-hydrogen) atoms. The molecule has 8 nitrogen and oxygen atoms in total. The summed E-state index contributed by atoms with van der Waals surface area (Å²) in [7, 11) is 0. The van der Waals surface area contributed by atoms with Crippen LogP contribution < -0.4 is 16.6 Å². The van der Waals surface area contributed by atoms with Gasteiger partial charge in [-0.3, -0.25) is 9.36 Å². The van der Waals surface area contributed by atoms with Crippen molar-refractivity contribution in [3.05, 3.63) is 52.3 Å². The number of fused-ring (bicyclic) bond motifs is 1. The molecular formula is C16H15F2N5O3. The molecule has 0 aliphatic heterocycles. The van der Waals surface area contributed by atoms with Crippen molar-refractivity contribution in [2.75, 3.05) is 24.3 Å². The monoisotopic (exact) mass is 363 g/mol. The number of aromatic nitrogens is 3. The molecule has 2 aromatic heterocycles. The summed E-state index contributed by atoms with van der Waals surface area (Å²) in [4.78, 5) is 20.4. The van der Waals surface area contributed by atoms with Gasteiger partial charge in [-0.2, -0.15) is 9.97 Å². The summed E-state index contributed by atoms with van der Waals surface area (Å²) in [6, 6.07) is 4.88. The Balaban J connectivity index is 2.31. The van der Waals surface area contributed by atoms with Crippen molar-refractivity contribution in [1.29, 1.82) is 0 Å². The second-order valence-electron chi connectivity index (χ2n) is 5.45. The van der Waals surface area contributed by atoms with Crippen LogP contribution in [0.15, 0.2) is 35.1 Å². The normalized spacial score (nSPS) is 11.3. The lowest BCUT2D eigenvalue weighted by Gasteiger charge is -2.16. The van der Waals surface area contributed by atoms with Crippen LogP contribution in [0.4, 0.5) is 20.5 Å². The van der Waals surface area contributed by atoms with E-state index in [-0.39, 0.29) is 22.8 Å². The number of benzene rings is 1. The Bertz CT molecular complexity index is 1000. The maximum atomic E-state index is 14.2. The highest BCUT2D eigenvalue weighted by molar-refractivity contribution is 5.87. The van der Waals surface area contributed by atoms with Crippen molar-refractivity contribution in [2.45, 2.75) is 6.04 Å². The Labute approximate surface area is 145 Å². The molecule has 0 bridgehead atoms. The van der Waals surface area contributed by atoms with Gasteiger partial charge in [0.1, 0.15) is 23.1 Å². The zero-order chi connectivity index (χ0) is 18.8. The number of para-hydroxylation sites is 1. The minimum Gasteiger partial charge on any atom is -0.394 e. The van der Waals surface area contributed by atoms with Gasteiger partial charge in [0.2, 0.25) is 5.95 Å². The van der Waals surface area contributed by atoms with Crippen molar-refractivity contribution in [2.24, 2.45) is 0 Å². The predicted octanol–water partition coefficient (Wildman–Crippen LogP) is 0.406. The van der Waals surface area contributed by atoms with Gasteiger partial charge in [0.05, 0.1) is 24.6 Å². The van der Waals surface area contributed by atoms with Crippen molar-refractivity contribution in [3.63, 3.8) is 0 Å². The summed E-state index contributed by atoms with van der Waals surface area (Å²) in [5, 5.41) is 21.2. The summed E-state index contributed by atoms with van der Waals surface area (Å²) in [5.41, 5.74) is 4.44. The third-order valence-corrected chi connectivity index (χ3v) is 3.71. The van der Waals surface area contributed by atoms with E-state index in [0.717, 1.165) is 22.8 Å². The zero-order valence-electron chi connectivity index (χ0n) is 13.4. The molecule has 0 unspecified atom stereocenters. The van der Waals surface area contributed by atoms with E-state index in [0.29, 0.717) is 0 Å². The molecule has 0 atom stereocenters. The van der Waals surface area contributed by atoms with E-state index in [1.165, 1.54) is 12.1 Å². The molecule has 0 spiro atoms. The first-order chi connectivity index (χ1) is 12.5. The molecule has 0 saturated carbocycles. The molecular weight excluding hydrogens is 348 g/mol. The molecule has 5 N–H and O–H groups in total. The number of nitrogens with zero attached hydrogens (tertiary/aromatic N) is 3. The van der Waals surface area contributed by atoms with Crippen molar-refractivity contribution >= 4 is 22.8 Å². The van der Waals surface area contributed by atoms with E-state index in [4.69, 9.17) is 15.9 Å². The van der Waals surface area contributed by atoms with Crippen LogP contribution in [0, 0.1) is 11.6 Å². The third-order valence-electron chi connectivity index (χ3n) is 3.71. The summed E-state index contributed by atoms with van der Waals surface area (Å²) in [5.74, 6) is -2.05. The minimum atomic E-state index is -0.949. The Morgan fingerprint density at radius 3 is 2.38 bits per heavy atom. The zero-order valence-corrected chi connectivity index (χ0v) is 13.4. The van der Waals surface area contributed by atoms with E-state index >= 15 is 0 Å². The van der Waals surface area contributed by atoms with Gasteiger partial charge in [0.25, 0.3) is 5.56 Å². The van der Waals surface area contributed by atoms with E-state index in [1.54, 1.807) is 0 Å². The molecule has 0 aliphatic rings. The van der Waals surface area contributed by atoms with Crippen LogP contribution in [0.3, 0.4) is 0 Å². The molecule has 1 aromatic carbocycles. The molecule has 0 radical (unpaired) electrons. The fourth-order valence-electron chi connectivity index (χ4n) is 2.45. The molecule has 0 saturated heterocycles. The SMILES string of the molecule is Nc1nc(NC(CO)CO)nc2c1ccc(=O)n2-c1c(F)cccc1F. The predicted molar refractivity (Wildman–Crippen MR) is 91.0 cm³/mol. The van der Waals surface area contributed by atoms with E-state index < -0.39 is 42.1 Å². The van der Waals surface area contributed by atoms with E-state index in [2.05, 4.69) is 15.3 Å². The van der Waals surface area contributed by atoms with Gasteiger partial charge < -0.3 is 21.3 Å². The van der Waals surface area contributed by atoms with E-state index in [1.807, 2.05) is 0 Å². The lowest BCUT2D eigenvalue weighted by Crippen LogP contribution is -2.29. The molecule has 136 valence electrons. The van der Waals surface area contributed by atoms with E-state index in [9.17, 15) is 13.6 Å². The lowest BCUT2D eigenvalue weighted by atomic mass is 10.2. The number of halogens is 2. The maximum Gasteiger partial charge on any atom is 0.256 e. The molecule has 0 aliphatic carbocycles. The number of pyridine rings is 1. The average Bonchev–Trinajstić information content (AvgIpc) is 2.61. The van der Waals surface area contributed by atoms with Crippen molar-refractivity contribution in [1.82, 2.24) is 14.5 Å². The summed E-state index contributed by atoms with van der Waals surface area (Å²) >= 11 is 0. The van der Waals surface area contributed by atoms with Gasteiger partial charge in [-0.05, 0) is 18.2 Å². The van der Waals surface area contributed by atoms with Gasteiger partial charge in [0, 0.05) is 6.07 Å². The Kier molecular flexibility index (Phi) is 4.78. The third kappa shape index (κ3) is 3.07. The van der Waals surface area contributed by atoms with Crippen molar-refractivity contribution < 1.29 is 19.0 Å². The number of nitrogen functional groups attached to an aromatic ring is 1. The number of nitrogens with two attached hydrogens (primary N) is 1. The van der Waals surface area contributed by atoms with Crippen LogP contribution in [0.1, 0.15) is 0 Å². The van der Waals surface area contributed by atoms with Crippen molar-refractivity contribution in [3.8, 4) is 5.69 Å².